The number of rotatable bonds is 5. The molecule has 3 heterocycles. The fourth-order valence-electron chi connectivity index (χ4n) is 7.69. The van der Waals surface area contributed by atoms with E-state index in [2.05, 4.69) is 34.1 Å². The van der Waals surface area contributed by atoms with Gasteiger partial charge in [0.15, 0.2) is 11.8 Å². The number of fused-ring (bicyclic) bond motifs is 6. The second-order valence-electron chi connectivity index (χ2n) is 11.4. The lowest BCUT2D eigenvalue weighted by Gasteiger charge is -2.40. The lowest BCUT2D eigenvalue weighted by atomic mass is 9.78. The lowest BCUT2D eigenvalue weighted by Crippen LogP contribution is -2.49. The summed E-state index contributed by atoms with van der Waals surface area (Å²) in [5, 5.41) is 23.4. The van der Waals surface area contributed by atoms with Gasteiger partial charge in [-0.3, -0.25) is 9.47 Å². The van der Waals surface area contributed by atoms with E-state index in [0.717, 1.165) is 62.6 Å². The summed E-state index contributed by atoms with van der Waals surface area (Å²) < 4.78 is 7.92. The number of piperazine rings is 1. The molecule has 7 heteroatoms. The fourth-order valence-corrected chi connectivity index (χ4v) is 8.49. The van der Waals surface area contributed by atoms with E-state index < -0.39 is 0 Å². The molecule has 2 aromatic heterocycles. The molecule has 4 atom stereocenters. The number of hydrogen-bond acceptors (Lipinski definition) is 6. The number of hydrogen-bond donors (Lipinski definition) is 2. The Balaban J connectivity index is 1.02. The van der Waals surface area contributed by atoms with Gasteiger partial charge in [-0.1, -0.05) is 25.0 Å². The summed E-state index contributed by atoms with van der Waals surface area (Å²) in [6.07, 6.45) is 8.49. The third-order valence-corrected chi connectivity index (χ3v) is 10.4. The molecule has 0 radical (unpaired) electrons. The minimum Gasteiger partial charge on any atom is -0.494 e. The van der Waals surface area contributed by atoms with E-state index in [4.69, 9.17) is 4.37 Å². The van der Waals surface area contributed by atoms with Crippen molar-refractivity contribution in [2.75, 3.05) is 37.6 Å². The average molecular weight is 493 g/mol. The van der Waals surface area contributed by atoms with E-state index in [1.165, 1.54) is 48.6 Å². The van der Waals surface area contributed by atoms with Crippen LogP contribution in [0.25, 0.3) is 10.1 Å². The number of aromatic hydroxyl groups is 2. The van der Waals surface area contributed by atoms with Gasteiger partial charge in [0.05, 0.1) is 4.70 Å². The lowest BCUT2D eigenvalue weighted by molar-refractivity contribution is 0.130. The minimum absolute atomic E-state index is 0.373. The zero-order valence-corrected chi connectivity index (χ0v) is 21.2. The van der Waals surface area contributed by atoms with Gasteiger partial charge >= 0.3 is 0 Å². The summed E-state index contributed by atoms with van der Waals surface area (Å²) in [7, 11) is 0. The van der Waals surface area contributed by atoms with Crippen molar-refractivity contribution in [3.05, 3.63) is 35.4 Å². The molecule has 6 nitrogen and oxygen atoms in total. The van der Waals surface area contributed by atoms with Gasteiger partial charge in [-0.05, 0) is 79.4 Å². The Hall–Kier alpha value is -2.25. The molecule has 7 rings (SSSR count). The molecule has 1 aliphatic heterocycles. The zero-order chi connectivity index (χ0) is 23.5. The summed E-state index contributed by atoms with van der Waals surface area (Å²) in [4.78, 5) is 5.10. The third-order valence-electron chi connectivity index (χ3n) is 9.54. The molecule has 186 valence electrons. The summed E-state index contributed by atoms with van der Waals surface area (Å²) in [5.74, 6) is 3.98. The van der Waals surface area contributed by atoms with Crippen LogP contribution >= 0.6 is 11.5 Å². The Morgan fingerprint density at radius 2 is 1.49 bits per heavy atom. The molecule has 2 N–H and O–H groups in total. The van der Waals surface area contributed by atoms with Crippen molar-refractivity contribution in [2.45, 2.75) is 63.3 Å². The van der Waals surface area contributed by atoms with E-state index in [9.17, 15) is 10.2 Å². The van der Waals surface area contributed by atoms with Crippen LogP contribution in [0.5, 0.6) is 11.8 Å². The van der Waals surface area contributed by atoms with Gasteiger partial charge in [0.1, 0.15) is 5.82 Å². The van der Waals surface area contributed by atoms with Crippen LogP contribution in [0.2, 0.25) is 0 Å². The second-order valence-corrected chi connectivity index (χ2v) is 12.2. The molecular formula is C28H36N4O2S. The van der Waals surface area contributed by atoms with Gasteiger partial charge in [0.25, 0.3) is 0 Å². The molecule has 0 amide bonds. The van der Waals surface area contributed by atoms with Crippen molar-refractivity contribution in [3.8, 4) is 11.8 Å². The van der Waals surface area contributed by atoms with Crippen molar-refractivity contribution in [2.24, 2.45) is 11.8 Å². The standard InChI is InChI=1S/C28H36N4O2S/c33-27-24-18-9-10-19(15-18)25(24)28(34)32(27)17-21-6-2-1-5-20(21)16-30-11-13-31(14-12-30)26-22-7-3-4-8-23(22)35-29-26/h3-4,7-8,18-21,33-34H,1-2,5-6,9-17H2/t18?,19?,20-,21?/m0/s1. The number of anilines is 1. The van der Waals surface area contributed by atoms with Crippen LogP contribution in [0.1, 0.15) is 67.9 Å². The maximum absolute atomic E-state index is 11.1. The zero-order valence-electron chi connectivity index (χ0n) is 20.4. The van der Waals surface area contributed by atoms with Gasteiger partial charge in [-0.15, -0.1) is 0 Å². The Morgan fingerprint density at radius 3 is 2.20 bits per heavy atom. The SMILES string of the molecule is Oc1c2c(c(O)n1CC1CCCC[C@H]1CN1CCN(c3nsc4ccccc34)CC1)C1CCC2C1. The van der Waals surface area contributed by atoms with Crippen molar-refractivity contribution in [1.29, 1.82) is 0 Å². The predicted molar refractivity (Wildman–Crippen MR) is 141 cm³/mol. The molecular weight excluding hydrogens is 456 g/mol. The molecule has 3 aromatic rings. The maximum atomic E-state index is 11.1. The molecule has 2 bridgehead atoms. The first-order chi connectivity index (χ1) is 17.2. The number of nitrogens with zero attached hydrogens (tertiary/aromatic N) is 4. The first kappa shape index (κ1) is 22.0. The maximum Gasteiger partial charge on any atom is 0.197 e. The van der Waals surface area contributed by atoms with Crippen molar-refractivity contribution in [3.63, 3.8) is 0 Å². The third kappa shape index (κ3) is 3.65. The van der Waals surface area contributed by atoms with Crippen LogP contribution < -0.4 is 4.90 Å². The molecule has 35 heavy (non-hydrogen) atoms. The van der Waals surface area contributed by atoms with Crippen molar-refractivity contribution < 1.29 is 10.2 Å². The van der Waals surface area contributed by atoms with Gasteiger partial charge < -0.3 is 15.1 Å². The van der Waals surface area contributed by atoms with E-state index in [-0.39, 0.29) is 0 Å². The Labute approximate surface area is 211 Å². The normalized spacial score (nSPS) is 28.7. The largest absolute Gasteiger partial charge is 0.494 e. The summed E-state index contributed by atoms with van der Waals surface area (Å²) >= 11 is 1.60. The predicted octanol–water partition coefficient (Wildman–Crippen LogP) is 5.50. The monoisotopic (exact) mass is 492 g/mol. The second kappa shape index (κ2) is 8.70. The van der Waals surface area contributed by atoms with Crippen LogP contribution in [0, 0.1) is 11.8 Å². The Morgan fingerprint density at radius 1 is 0.829 bits per heavy atom. The number of benzene rings is 1. The summed E-state index contributed by atoms with van der Waals surface area (Å²) in [6.45, 7) is 6.10. The average Bonchev–Trinajstić information content (AvgIpc) is 3.66. The summed E-state index contributed by atoms with van der Waals surface area (Å²) in [5.41, 5.74) is 2.16. The van der Waals surface area contributed by atoms with Gasteiger partial charge in [-0.2, -0.15) is 4.37 Å². The van der Waals surface area contributed by atoms with Crippen LogP contribution in [0.3, 0.4) is 0 Å². The van der Waals surface area contributed by atoms with Crippen LogP contribution in [-0.2, 0) is 6.54 Å². The molecule has 4 aliphatic rings. The molecule has 1 aromatic carbocycles. The van der Waals surface area contributed by atoms with Gasteiger partial charge in [-0.25, -0.2) is 0 Å². The first-order valence-corrected chi connectivity index (χ1v) is 14.4. The molecule has 1 saturated heterocycles. The molecule has 0 spiro atoms. The van der Waals surface area contributed by atoms with E-state index >= 15 is 0 Å². The Bertz CT molecular complexity index is 1190. The fraction of sp³-hybridized carbons (Fsp3) is 0.607. The van der Waals surface area contributed by atoms with Crippen LogP contribution in [0.15, 0.2) is 24.3 Å². The Kier molecular flexibility index (Phi) is 5.46. The van der Waals surface area contributed by atoms with Gasteiger partial charge in [0.2, 0.25) is 0 Å². The molecule has 3 fully saturated rings. The van der Waals surface area contributed by atoms with Crippen LogP contribution in [-0.4, -0.2) is 56.8 Å². The van der Waals surface area contributed by atoms with E-state index in [0.29, 0.717) is 35.4 Å². The molecule has 3 aliphatic carbocycles. The van der Waals surface area contributed by atoms with E-state index in [1.807, 2.05) is 4.57 Å². The smallest absolute Gasteiger partial charge is 0.197 e. The highest BCUT2D eigenvalue weighted by molar-refractivity contribution is 7.13. The minimum atomic E-state index is 0.373. The summed E-state index contributed by atoms with van der Waals surface area (Å²) in [6, 6.07) is 8.56. The highest BCUT2D eigenvalue weighted by atomic mass is 32.1. The quantitative estimate of drug-likeness (QED) is 0.492. The highest BCUT2D eigenvalue weighted by Crippen LogP contribution is 2.60. The van der Waals surface area contributed by atoms with Crippen LogP contribution in [0.4, 0.5) is 5.82 Å². The first-order valence-electron chi connectivity index (χ1n) is 13.6. The van der Waals surface area contributed by atoms with Crippen molar-refractivity contribution >= 4 is 27.4 Å². The van der Waals surface area contributed by atoms with Gasteiger partial charge in [0, 0.05) is 55.8 Å². The topological polar surface area (TPSA) is 64.8 Å². The van der Waals surface area contributed by atoms with Crippen molar-refractivity contribution in [1.82, 2.24) is 13.8 Å². The highest BCUT2D eigenvalue weighted by Gasteiger charge is 2.44. The van der Waals surface area contributed by atoms with E-state index in [1.54, 1.807) is 11.5 Å². The molecule has 2 saturated carbocycles. The molecule has 3 unspecified atom stereocenters. The number of aromatic nitrogens is 2.